The number of halogens is 1. The fourth-order valence-electron chi connectivity index (χ4n) is 2.05. The van der Waals surface area contributed by atoms with Crippen LogP contribution in [-0.4, -0.2) is 29.0 Å². The SMILES string of the molecule is CN(C)c1nc(Cl)nc(Nc2cccc3ccccc23)n1. The van der Waals surface area contributed by atoms with Gasteiger partial charge in [-0.05, 0) is 23.1 Å². The van der Waals surface area contributed by atoms with Crippen LogP contribution in [0.5, 0.6) is 0 Å². The van der Waals surface area contributed by atoms with Gasteiger partial charge < -0.3 is 10.2 Å². The first-order chi connectivity index (χ1) is 10.1. The lowest BCUT2D eigenvalue weighted by atomic mass is 10.1. The van der Waals surface area contributed by atoms with Crippen LogP contribution in [0.1, 0.15) is 0 Å². The summed E-state index contributed by atoms with van der Waals surface area (Å²) in [4.78, 5) is 14.3. The number of hydrogen-bond donors (Lipinski definition) is 1. The molecule has 0 bridgehead atoms. The molecule has 0 saturated heterocycles. The van der Waals surface area contributed by atoms with Gasteiger partial charge in [-0.2, -0.15) is 15.0 Å². The predicted octanol–water partition coefficient (Wildman–Crippen LogP) is 3.49. The zero-order chi connectivity index (χ0) is 14.8. The molecule has 0 aliphatic heterocycles. The maximum Gasteiger partial charge on any atom is 0.233 e. The van der Waals surface area contributed by atoms with Crippen molar-refractivity contribution in [3.8, 4) is 0 Å². The molecule has 6 heteroatoms. The number of benzene rings is 2. The van der Waals surface area contributed by atoms with E-state index in [9.17, 15) is 0 Å². The molecule has 0 aliphatic rings. The van der Waals surface area contributed by atoms with E-state index in [1.54, 1.807) is 4.90 Å². The molecule has 1 aromatic heterocycles. The summed E-state index contributed by atoms with van der Waals surface area (Å²) in [6.07, 6.45) is 0. The summed E-state index contributed by atoms with van der Waals surface area (Å²) >= 11 is 5.95. The molecule has 0 unspecified atom stereocenters. The van der Waals surface area contributed by atoms with Crippen molar-refractivity contribution in [3.05, 3.63) is 47.7 Å². The normalized spacial score (nSPS) is 10.6. The van der Waals surface area contributed by atoms with Crippen LogP contribution < -0.4 is 10.2 Å². The van der Waals surface area contributed by atoms with Crippen LogP contribution in [0.3, 0.4) is 0 Å². The molecule has 0 saturated carbocycles. The van der Waals surface area contributed by atoms with E-state index in [-0.39, 0.29) is 5.28 Å². The third-order valence-electron chi connectivity index (χ3n) is 3.03. The van der Waals surface area contributed by atoms with Gasteiger partial charge in [0.05, 0.1) is 0 Å². The maximum atomic E-state index is 5.95. The van der Waals surface area contributed by atoms with Crippen molar-refractivity contribution in [1.82, 2.24) is 15.0 Å². The van der Waals surface area contributed by atoms with E-state index >= 15 is 0 Å². The van der Waals surface area contributed by atoms with Crippen LogP contribution >= 0.6 is 11.6 Å². The summed E-state index contributed by atoms with van der Waals surface area (Å²) in [5, 5.41) is 5.62. The molecule has 106 valence electrons. The molecular weight excluding hydrogens is 286 g/mol. The Kier molecular flexibility index (Phi) is 3.58. The lowest BCUT2D eigenvalue weighted by Gasteiger charge is -2.12. The fourth-order valence-corrected chi connectivity index (χ4v) is 2.21. The molecule has 0 spiro atoms. The van der Waals surface area contributed by atoms with E-state index < -0.39 is 0 Å². The van der Waals surface area contributed by atoms with E-state index in [1.165, 1.54) is 0 Å². The molecular formula is C15H14ClN5. The number of aromatic nitrogens is 3. The van der Waals surface area contributed by atoms with Crippen molar-refractivity contribution in [2.24, 2.45) is 0 Å². The zero-order valence-electron chi connectivity index (χ0n) is 11.7. The lowest BCUT2D eigenvalue weighted by Crippen LogP contribution is -2.14. The second kappa shape index (κ2) is 5.54. The standard InChI is InChI=1S/C15H14ClN5/c1-21(2)15-19-13(16)18-14(20-15)17-12-9-5-7-10-6-3-4-8-11(10)12/h3-9H,1-2H3,(H,17,18,19,20). The van der Waals surface area contributed by atoms with Crippen LogP contribution in [-0.2, 0) is 0 Å². The largest absolute Gasteiger partial charge is 0.347 e. The van der Waals surface area contributed by atoms with Gasteiger partial charge in [0, 0.05) is 25.2 Å². The fraction of sp³-hybridized carbons (Fsp3) is 0.133. The first-order valence-electron chi connectivity index (χ1n) is 6.47. The van der Waals surface area contributed by atoms with Crippen molar-refractivity contribution in [3.63, 3.8) is 0 Å². The van der Waals surface area contributed by atoms with E-state index in [4.69, 9.17) is 11.6 Å². The van der Waals surface area contributed by atoms with Gasteiger partial charge in [-0.1, -0.05) is 36.4 Å². The Morgan fingerprint density at radius 3 is 2.52 bits per heavy atom. The van der Waals surface area contributed by atoms with Crippen LogP contribution in [0.15, 0.2) is 42.5 Å². The van der Waals surface area contributed by atoms with E-state index in [0.29, 0.717) is 11.9 Å². The number of hydrogen-bond acceptors (Lipinski definition) is 5. The molecule has 0 aliphatic carbocycles. The molecule has 3 aromatic rings. The van der Waals surface area contributed by atoms with Crippen molar-refractivity contribution < 1.29 is 0 Å². The van der Waals surface area contributed by atoms with Crippen molar-refractivity contribution in [2.45, 2.75) is 0 Å². The smallest absolute Gasteiger partial charge is 0.233 e. The molecule has 1 N–H and O–H groups in total. The molecule has 0 fully saturated rings. The van der Waals surface area contributed by atoms with Crippen LogP contribution in [0.4, 0.5) is 17.6 Å². The maximum absolute atomic E-state index is 5.95. The van der Waals surface area contributed by atoms with Gasteiger partial charge in [0.1, 0.15) is 0 Å². The van der Waals surface area contributed by atoms with Gasteiger partial charge in [-0.3, -0.25) is 0 Å². The van der Waals surface area contributed by atoms with Gasteiger partial charge in [0.2, 0.25) is 17.2 Å². The van der Waals surface area contributed by atoms with Crippen LogP contribution in [0.25, 0.3) is 10.8 Å². The summed E-state index contributed by atoms with van der Waals surface area (Å²) in [7, 11) is 3.71. The van der Waals surface area contributed by atoms with Gasteiger partial charge in [-0.25, -0.2) is 0 Å². The summed E-state index contributed by atoms with van der Waals surface area (Å²) in [5.41, 5.74) is 0.931. The molecule has 1 heterocycles. The Morgan fingerprint density at radius 1 is 0.952 bits per heavy atom. The average Bonchev–Trinajstić information content (AvgIpc) is 2.47. The monoisotopic (exact) mass is 299 g/mol. The third-order valence-corrected chi connectivity index (χ3v) is 3.20. The van der Waals surface area contributed by atoms with Crippen molar-refractivity contribution in [2.75, 3.05) is 24.3 Å². The number of rotatable bonds is 3. The van der Waals surface area contributed by atoms with Gasteiger partial charge in [-0.15, -0.1) is 0 Å². The first-order valence-corrected chi connectivity index (χ1v) is 6.85. The summed E-state index contributed by atoms with van der Waals surface area (Å²) in [5.74, 6) is 0.938. The Bertz CT molecular complexity index is 783. The van der Waals surface area contributed by atoms with E-state index in [0.717, 1.165) is 16.5 Å². The second-order valence-electron chi connectivity index (χ2n) is 4.77. The number of nitrogens with one attached hydrogen (secondary N) is 1. The molecule has 3 rings (SSSR count). The van der Waals surface area contributed by atoms with Crippen molar-refractivity contribution in [1.29, 1.82) is 0 Å². The summed E-state index contributed by atoms with van der Waals surface area (Å²) in [6, 6.07) is 14.1. The Hall–Kier alpha value is -2.40. The number of anilines is 3. The highest BCUT2D eigenvalue weighted by Crippen LogP contribution is 2.25. The van der Waals surface area contributed by atoms with Gasteiger partial charge >= 0.3 is 0 Å². The third kappa shape index (κ3) is 2.87. The highest BCUT2D eigenvalue weighted by molar-refractivity contribution is 6.28. The van der Waals surface area contributed by atoms with Crippen LogP contribution in [0.2, 0.25) is 5.28 Å². The van der Waals surface area contributed by atoms with Gasteiger partial charge in [0.25, 0.3) is 0 Å². The molecule has 5 nitrogen and oxygen atoms in total. The van der Waals surface area contributed by atoms with Crippen molar-refractivity contribution >= 4 is 40.0 Å². The van der Waals surface area contributed by atoms with Gasteiger partial charge in [0.15, 0.2) is 0 Å². The molecule has 21 heavy (non-hydrogen) atoms. The highest BCUT2D eigenvalue weighted by Gasteiger charge is 2.08. The van der Waals surface area contributed by atoms with E-state index in [2.05, 4.69) is 32.4 Å². The topological polar surface area (TPSA) is 53.9 Å². The number of nitrogens with zero attached hydrogens (tertiary/aromatic N) is 4. The molecule has 0 radical (unpaired) electrons. The van der Waals surface area contributed by atoms with E-state index in [1.807, 2.05) is 44.4 Å². The first kappa shape index (κ1) is 13.6. The Labute approximate surface area is 127 Å². The number of fused-ring (bicyclic) bond motifs is 1. The average molecular weight is 300 g/mol. The lowest BCUT2D eigenvalue weighted by molar-refractivity contribution is 0.961. The Morgan fingerprint density at radius 2 is 1.71 bits per heavy atom. The molecule has 0 atom stereocenters. The minimum atomic E-state index is 0.163. The highest BCUT2D eigenvalue weighted by atomic mass is 35.5. The quantitative estimate of drug-likeness (QED) is 0.802. The Balaban J connectivity index is 2.03. The summed E-state index contributed by atoms with van der Waals surface area (Å²) < 4.78 is 0. The van der Waals surface area contributed by atoms with Crippen LogP contribution in [0, 0.1) is 0 Å². The minimum absolute atomic E-state index is 0.163. The second-order valence-corrected chi connectivity index (χ2v) is 5.11. The molecule has 0 amide bonds. The predicted molar refractivity (Wildman–Crippen MR) is 86.4 cm³/mol. The molecule has 2 aromatic carbocycles. The summed E-state index contributed by atoms with van der Waals surface area (Å²) in [6.45, 7) is 0. The zero-order valence-corrected chi connectivity index (χ0v) is 12.5. The minimum Gasteiger partial charge on any atom is -0.347 e.